The van der Waals surface area contributed by atoms with Gasteiger partial charge in [0.1, 0.15) is 5.82 Å². The van der Waals surface area contributed by atoms with Gasteiger partial charge >= 0.3 is 0 Å². The lowest BCUT2D eigenvalue weighted by Crippen LogP contribution is -2.21. The Labute approximate surface area is 132 Å². The number of ether oxygens (including phenoxy) is 2. The van der Waals surface area contributed by atoms with Crippen molar-refractivity contribution in [3.63, 3.8) is 0 Å². The predicted molar refractivity (Wildman–Crippen MR) is 80.6 cm³/mol. The zero-order valence-electron chi connectivity index (χ0n) is 11.7. The third kappa shape index (κ3) is 3.16. The van der Waals surface area contributed by atoms with Crippen molar-refractivity contribution in [1.82, 2.24) is 5.32 Å². The van der Waals surface area contributed by atoms with Crippen molar-refractivity contribution in [2.24, 2.45) is 0 Å². The molecule has 2 aromatic rings. The molecule has 6 heteroatoms. The van der Waals surface area contributed by atoms with Crippen LogP contribution in [-0.2, 0) is 6.54 Å². The molecule has 1 unspecified atom stereocenters. The first kappa shape index (κ1) is 15.1. The molecule has 2 aromatic carbocycles. The predicted octanol–water partition coefficient (Wildman–Crippen LogP) is 3.03. The average Bonchev–Trinajstić information content (AvgIpc) is 2.99. The number of fused-ring (bicyclic) bond motifs is 1. The molecule has 1 atom stereocenters. The zero-order chi connectivity index (χ0) is 15.5. The first-order valence-corrected chi connectivity index (χ1v) is 7.24. The van der Waals surface area contributed by atoms with Crippen molar-refractivity contribution in [3.8, 4) is 11.5 Å². The molecule has 0 aromatic heterocycles. The van der Waals surface area contributed by atoms with Gasteiger partial charge in [0, 0.05) is 18.7 Å². The fourth-order valence-corrected chi connectivity index (χ4v) is 2.43. The van der Waals surface area contributed by atoms with Crippen LogP contribution in [0, 0.1) is 5.82 Å². The van der Waals surface area contributed by atoms with Gasteiger partial charge in [0.25, 0.3) is 0 Å². The number of benzene rings is 2. The second-order valence-corrected chi connectivity index (χ2v) is 5.38. The molecule has 0 radical (unpaired) electrons. The summed E-state index contributed by atoms with van der Waals surface area (Å²) in [6.45, 7) is 1.02. The van der Waals surface area contributed by atoms with E-state index < -0.39 is 11.9 Å². The van der Waals surface area contributed by atoms with Crippen LogP contribution in [0.25, 0.3) is 0 Å². The van der Waals surface area contributed by atoms with Gasteiger partial charge in [-0.05, 0) is 23.8 Å². The van der Waals surface area contributed by atoms with Crippen LogP contribution in [0.3, 0.4) is 0 Å². The Balaban J connectivity index is 1.59. The average molecular weight is 324 g/mol. The molecular weight excluding hydrogens is 309 g/mol. The zero-order valence-corrected chi connectivity index (χ0v) is 12.4. The maximum Gasteiger partial charge on any atom is 0.231 e. The van der Waals surface area contributed by atoms with Crippen LogP contribution in [0.1, 0.15) is 17.2 Å². The van der Waals surface area contributed by atoms with Crippen LogP contribution >= 0.6 is 11.6 Å². The van der Waals surface area contributed by atoms with Crippen LogP contribution in [0.15, 0.2) is 36.4 Å². The first-order chi connectivity index (χ1) is 10.6. The van der Waals surface area contributed by atoms with E-state index in [4.69, 9.17) is 21.1 Å². The SMILES string of the molecule is OC(CNCc1cccc2c1OCO2)c1ccc(Cl)c(F)c1. The molecule has 22 heavy (non-hydrogen) atoms. The number of hydrogen-bond donors (Lipinski definition) is 2. The van der Waals surface area contributed by atoms with Crippen LogP contribution in [0.4, 0.5) is 4.39 Å². The molecule has 3 rings (SSSR count). The number of rotatable bonds is 5. The lowest BCUT2D eigenvalue weighted by molar-refractivity contribution is 0.170. The van der Waals surface area contributed by atoms with E-state index in [2.05, 4.69) is 5.32 Å². The molecule has 1 heterocycles. The van der Waals surface area contributed by atoms with Gasteiger partial charge in [0.2, 0.25) is 6.79 Å². The third-order valence-electron chi connectivity index (χ3n) is 3.46. The Morgan fingerprint density at radius 1 is 1.27 bits per heavy atom. The van der Waals surface area contributed by atoms with Gasteiger partial charge in [-0.15, -0.1) is 0 Å². The summed E-state index contributed by atoms with van der Waals surface area (Å²) in [6, 6.07) is 9.94. The van der Waals surface area contributed by atoms with Gasteiger partial charge in [-0.2, -0.15) is 0 Å². The summed E-state index contributed by atoms with van der Waals surface area (Å²) < 4.78 is 24.1. The highest BCUT2D eigenvalue weighted by atomic mass is 35.5. The molecule has 0 fully saturated rings. The number of hydrogen-bond acceptors (Lipinski definition) is 4. The Bertz CT molecular complexity index is 680. The Morgan fingerprint density at radius 3 is 2.95 bits per heavy atom. The second-order valence-electron chi connectivity index (χ2n) is 4.97. The highest BCUT2D eigenvalue weighted by Gasteiger charge is 2.17. The number of nitrogens with one attached hydrogen (secondary N) is 1. The molecule has 0 bridgehead atoms. The fourth-order valence-electron chi connectivity index (χ4n) is 2.31. The topological polar surface area (TPSA) is 50.7 Å². The highest BCUT2D eigenvalue weighted by molar-refractivity contribution is 6.30. The second kappa shape index (κ2) is 6.52. The molecule has 116 valence electrons. The molecule has 4 nitrogen and oxygen atoms in total. The van der Waals surface area contributed by atoms with Crippen molar-refractivity contribution in [2.75, 3.05) is 13.3 Å². The summed E-state index contributed by atoms with van der Waals surface area (Å²) >= 11 is 5.63. The van der Waals surface area contributed by atoms with Crippen LogP contribution in [0.2, 0.25) is 5.02 Å². The minimum Gasteiger partial charge on any atom is -0.454 e. The molecule has 0 saturated carbocycles. The lowest BCUT2D eigenvalue weighted by atomic mass is 10.1. The number of halogens is 2. The number of aliphatic hydroxyl groups excluding tert-OH is 1. The van der Waals surface area contributed by atoms with Crippen molar-refractivity contribution in [3.05, 3.63) is 58.4 Å². The molecule has 0 spiro atoms. The summed E-state index contributed by atoms with van der Waals surface area (Å²) in [5.74, 6) is 0.909. The maximum absolute atomic E-state index is 13.4. The van der Waals surface area contributed by atoms with E-state index in [-0.39, 0.29) is 18.4 Å². The Kier molecular flexibility index (Phi) is 4.47. The minimum atomic E-state index is -0.819. The summed E-state index contributed by atoms with van der Waals surface area (Å²) in [5, 5.41) is 13.2. The van der Waals surface area contributed by atoms with Gasteiger partial charge < -0.3 is 19.9 Å². The molecule has 0 amide bonds. The van der Waals surface area contributed by atoms with Gasteiger partial charge in [0.15, 0.2) is 11.5 Å². The summed E-state index contributed by atoms with van der Waals surface area (Å²) in [5.41, 5.74) is 1.43. The van der Waals surface area contributed by atoms with Crippen LogP contribution in [-0.4, -0.2) is 18.4 Å². The van der Waals surface area contributed by atoms with E-state index in [0.717, 1.165) is 17.1 Å². The monoisotopic (exact) mass is 323 g/mol. The maximum atomic E-state index is 13.4. The van der Waals surface area contributed by atoms with Gasteiger partial charge in [-0.25, -0.2) is 4.39 Å². The summed E-state index contributed by atoms with van der Waals surface area (Å²) in [4.78, 5) is 0. The summed E-state index contributed by atoms with van der Waals surface area (Å²) in [7, 11) is 0. The quantitative estimate of drug-likeness (QED) is 0.888. The van der Waals surface area contributed by atoms with Crippen molar-refractivity contribution in [1.29, 1.82) is 0 Å². The largest absolute Gasteiger partial charge is 0.454 e. The standard InChI is InChI=1S/C16H15ClFNO3/c17-12-5-4-10(6-13(12)18)14(20)8-19-7-11-2-1-3-15-16(11)22-9-21-15/h1-6,14,19-20H,7-9H2. The first-order valence-electron chi connectivity index (χ1n) is 6.86. The van der Waals surface area contributed by atoms with Crippen LogP contribution in [0.5, 0.6) is 11.5 Å². The lowest BCUT2D eigenvalue weighted by Gasteiger charge is -2.13. The van der Waals surface area contributed by atoms with Crippen molar-refractivity contribution < 1.29 is 19.0 Å². The molecule has 1 aliphatic rings. The summed E-state index contributed by atoms with van der Waals surface area (Å²) in [6.07, 6.45) is -0.819. The van der Waals surface area contributed by atoms with Crippen LogP contribution < -0.4 is 14.8 Å². The van der Waals surface area contributed by atoms with E-state index in [0.29, 0.717) is 12.1 Å². The van der Waals surface area contributed by atoms with Crippen molar-refractivity contribution >= 4 is 11.6 Å². The third-order valence-corrected chi connectivity index (χ3v) is 3.77. The van der Waals surface area contributed by atoms with E-state index in [1.165, 1.54) is 12.1 Å². The number of para-hydroxylation sites is 1. The minimum absolute atomic E-state index is 0.0425. The van der Waals surface area contributed by atoms with E-state index in [1.54, 1.807) is 6.07 Å². The van der Waals surface area contributed by atoms with E-state index in [9.17, 15) is 9.50 Å². The van der Waals surface area contributed by atoms with E-state index >= 15 is 0 Å². The fraction of sp³-hybridized carbons (Fsp3) is 0.250. The van der Waals surface area contributed by atoms with Gasteiger partial charge in [-0.3, -0.25) is 0 Å². The molecule has 0 aliphatic carbocycles. The van der Waals surface area contributed by atoms with Gasteiger partial charge in [0.05, 0.1) is 11.1 Å². The smallest absolute Gasteiger partial charge is 0.231 e. The molecule has 2 N–H and O–H groups in total. The van der Waals surface area contributed by atoms with E-state index in [1.807, 2.05) is 18.2 Å². The molecular formula is C16H15ClFNO3. The number of aliphatic hydroxyl groups is 1. The highest BCUT2D eigenvalue weighted by Crippen LogP contribution is 2.35. The molecule has 0 saturated heterocycles. The Morgan fingerprint density at radius 2 is 2.14 bits per heavy atom. The molecule has 1 aliphatic heterocycles. The van der Waals surface area contributed by atoms with Crippen molar-refractivity contribution in [2.45, 2.75) is 12.6 Å². The Hall–Kier alpha value is -1.82. The van der Waals surface area contributed by atoms with Gasteiger partial charge in [-0.1, -0.05) is 29.8 Å². The normalized spacial score (nSPS) is 14.1.